The molecule has 0 aliphatic carbocycles. The number of hydrogen-bond acceptors (Lipinski definition) is 5. The van der Waals surface area contributed by atoms with Crippen molar-refractivity contribution in [2.45, 2.75) is 25.0 Å². The van der Waals surface area contributed by atoms with E-state index >= 15 is 0 Å². The topological polar surface area (TPSA) is 71.7 Å². The predicted molar refractivity (Wildman–Crippen MR) is 71.5 cm³/mol. The summed E-state index contributed by atoms with van der Waals surface area (Å²) in [4.78, 5) is 4.30. The number of pyridine rings is 1. The molecule has 3 rings (SSSR count). The van der Waals surface area contributed by atoms with Crippen LogP contribution in [0.2, 0.25) is 5.02 Å². The fourth-order valence-electron chi connectivity index (χ4n) is 2.17. The van der Waals surface area contributed by atoms with Crippen LogP contribution in [0.5, 0.6) is 0 Å². The highest BCUT2D eigenvalue weighted by atomic mass is 35.5. The second-order valence-corrected chi connectivity index (χ2v) is 5.24. The molecular formula is C12H15ClN4O2. The van der Waals surface area contributed by atoms with E-state index in [0.29, 0.717) is 36.2 Å². The highest BCUT2D eigenvalue weighted by molar-refractivity contribution is 6.30. The second-order valence-electron chi connectivity index (χ2n) is 4.81. The van der Waals surface area contributed by atoms with E-state index in [-0.39, 0.29) is 6.10 Å². The molecule has 6 nitrogen and oxygen atoms in total. The van der Waals surface area contributed by atoms with E-state index in [1.54, 1.807) is 22.8 Å². The van der Waals surface area contributed by atoms with Crippen molar-refractivity contribution in [2.75, 3.05) is 18.5 Å². The Balaban J connectivity index is 1.75. The number of halogens is 1. The molecule has 1 fully saturated rings. The fourth-order valence-corrected chi connectivity index (χ4v) is 2.32. The van der Waals surface area contributed by atoms with Gasteiger partial charge in [0.2, 0.25) is 5.95 Å². The molecule has 2 unspecified atom stereocenters. The normalized spacial score (nSPS) is 27.0. The lowest BCUT2D eigenvalue weighted by atomic mass is 9.97. The minimum Gasteiger partial charge on any atom is -0.385 e. The Labute approximate surface area is 115 Å². The lowest BCUT2D eigenvalue weighted by Gasteiger charge is -2.25. The average Bonchev–Trinajstić information content (AvgIpc) is 2.91. The molecule has 0 bridgehead atoms. The first-order chi connectivity index (χ1) is 9.07. The monoisotopic (exact) mass is 282 g/mol. The van der Waals surface area contributed by atoms with E-state index < -0.39 is 5.60 Å². The Morgan fingerprint density at radius 2 is 2.47 bits per heavy atom. The van der Waals surface area contributed by atoms with Gasteiger partial charge in [0.05, 0.1) is 11.1 Å². The van der Waals surface area contributed by atoms with Crippen LogP contribution in [0.4, 0.5) is 5.95 Å². The van der Waals surface area contributed by atoms with Crippen LogP contribution in [0.1, 0.15) is 13.3 Å². The lowest BCUT2D eigenvalue weighted by Crippen LogP contribution is -2.43. The number of nitrogens with zero attached hydrogens (tertiary/aromatic N) is 3. The van der Waals surface area contributed by atoms with Crippen molar-refractivity contribution >= 4 is 23.2 Å². The Bertz CT molecular complexity index is 602. The van der Waals surface area contributed by atoms with Gasteiger partial charge in [-0.25, -0.2) is 4.52 Å². The standard InChI is InChI=1S/C12H15ClN4O2/c1-8-12(18,4-5-19-8)7-14-11-15-10-3-2-9(13)6-17(10)16-11/h2-3,6,8,18H,4-5,7H2,1H3,(H,14,16). The van der Waals surface area contributed by atoms with Gasteiger partial charge in [-0.15, -0.1) is 5.10 Å². The van der Waals surface area contributed by atoms with Gasteiger partial charge in [0, 0.05) is 25.8 Å². The molecule has 2 N–H and O–H groups in total. The SMILES string of the molecule is CC1OCCC1(O)CNc1nc2ccc(Cl)cn2n1. The van der Waals surface area contributed by atoms with Crippen molar-refractivity contribution in [3.63, 3.8) is 0 Å². The van der Waals surface area contributed by atoms with Crippen LogP contribution >= 0.6 is 11.6 Å². The summed E-state index contributed by atoms with van der Waals surface area (Å²) in [5, 5.41) is 18.3. The average molecular weight is 283 g/mol. The van der Waals surface area contributed by atoms with Crippen LogP contribution in [-0.4, -0.2) is 44.6 Å². The Morgan fingerprint density at radius 1 is 1.63 bits per heavy atom. The molecular weight excluding hydrogens is 268 g/mol. The Morgan fingerprint density at radius 3 is 3.21 bits per heavy atom. The zero-order valence-corrected chi connectivity index (χ0v) is 11.3. The zero-order chi connectivity index (χ0) is 13.5. The van der Waals surface area contributed by atoms with Crippen LogP contribution in [0.25, 0.3) is 5.65 Å². The summed E-state index contributed by atoms with van der Waals surface area (Å²) >= 11 is 5.88. The van der Waals surface area contributed by atoms with Gasteiger partial charge < -0.3 is 15.2 Å². The molecule has 3 heterocycles. The van der Waals surface area contributed by atoms with Crippen LogP contribution in [0.15, 0.2) is 18.3 Å². The highest BCUT2D eigenvalue weighted by Crippen LogP contribution is 2.25. The molecule has 19 heavy (non-hydrogen) atoms. The molecule has 0 aromatic carbocycles. The van der Waals surface area contributed by atoms with Crippen LogP contribution in [-0.2, 0) is 4.74 Å². The van der Waals surface area contributed by atoms with Crippen molar-refractivity contribution in [3.8, 4) is 0 Å². The fraction of sp³-hybridized carbons (Fsp3) is 0.500. The lowest BCUT2D eigenvalue weighted by molar-refractivity contribution is -0.0176. The van der Waals surface area contributed by atoms with Gasteiger partial charge in [-0.3, -0.25) is 0 Å². The molecule has 0 spiro atoms. The van der Waals surface area contributed by atoms with Gasteiger partial charge in [0.15, 0.2) is 5.65 Å². The van der Waals surface area contributed by atoms with Gasteiger partial charge in [0.1, 0.15) is 5.60 Å². The van der Waals surface area contributed by atoms with Crippen molar-refractivity contribution < 1.29 is 9.84 Å². The number of aromatic nitrogens is 3. The maximum absolute atomic E-state index is 10.4. The van der Waals surface area contributed by atoms with E-state index in [1.807, 2.05) is 6.92 Å². The molecule has 1 aliphatic rings. The van der Waals surface area contributed by atoms with Gasteiger partial charge >= 0.3 is 0 Å². The first-order valence-corrected chi connectivity index (χ1v) is 6.54. The van der Waals surface area contributed by atoms with Crippen LogP contribution in [0.3, 0.4) is 0 Å². The van der Waals surface area contributed by atoms with Crippen LogP contribution in [0, 0.1) is 0 Å². The highest BCUT2D eigenvalue weighted by Gasteiger charge is 2.39. The molecule has 0 saturated carbocycles. The summed E-state index contributed by atoms with van der Waals surface area (Å²) < 4.78 is 6.98. The predicted octanol–water partition coefficient (Wildman–Crippen LogP) is 1.33. The third-order valence-electron chi connectivity index (χ3n) is 3.51. The van der Waals surface area contributed by atoms with Crippen molar-refractivity contribution in [2.24, 2.45) is 0 Å². The summed E-state index contributed by atoms with van der Waals surface area (Å²) in [6.07, 6.45) is 2.11. The first-order valence-electron chi connectivity index (χ1n) is 6.17. The van der Waals surface area contributed by atoms with Gasteiger partial charge in [-0.2, -0.15) is 4.98 Å². The third kappa shape index (κ3) is 2.39. The van der Waals surface area contributed by atoms with Crippen molar-refractivity contribution in [1.29, 1.82) is 0 Å². The minimum atomic E-state index is -0.866. The summed E-state index contributed by atoms with van der Waals surface area (Å²) in [5.41, 5.74) is -0.163. The number of aliphatic hydroxyl groups is 1. The quantitative estimate of drug-likeness (QED) is 0.889. The number of hydrogen-bond donors (Lipinski definition) is 2. The summed E-state index contributed by atoms with van der Waals surface area (Å²) in [7, 11) is 0. The summed E-state index contributed by atoms with van der Waals surface area (Å²) in [5.74, 6) is 0.467. The summed E-state index contributed by atoms with van der Waals surface area (Å²) in [6, 6.07) is 3.55. The molecule has 102 valence electrons. The summed E-state index contributed by atoms with van der Waals surface area (Å²) in [6.45, 7) is 2.80. The van der Waals surface area contributed by atoms with E-state index in [1.165, 1.54) is 0 Å². The molecule has 1 aliphatic heterocycles. The largest absolute Gasteiger partial charge is 0.385 e. The van der Waals surface area contributed by atoms with Gasteiger partial charge in [0.25, 0.3) is 0 Å². The van der Waals surface area contributed by atoms with Gasteiger partial charge in [-0.05, 0) is 19.1 Å². The number of nitrogens with one attached hydrogen (secondary N) is 1. The van der Waals surface area contributed by atoms with Crippen molar-refractivity contribution in [1.82, 2.24) is 14.6 Å². The molecule has 2 aromatic heterocycles. The number of rotatable bonds is 3. The number of anilines is 1. The van der Waals surface area contributed by atoms with E-state index in [4.69, 9.17) is 16.3 Å². The van der Waals surface area contributed by atoms with Crippen LogP contribution < -0.4 is 5.32 Å². The van der Waals surface area contributed by atoms with E-state index in [2.05, 4.69) is 15.4 Å². The maximum Gasteiger partial charge on any atom is 0.243 e. The molecule has 0 radical (unpaired) electrons. The maximum atomic E-state index is 10.4. The third-order valence-corrected chi connectivity index (χ3v) is 3.73. The molecule has 2 atom stereocenters. The van der Waals surface area contributed by atoms with Gasteiger partial charge in [-0.1, -0.05) is 11.6 Å². The number of fused-ring (bicyclic) bond motifs is 1. The smallest absolute Gasteiger partial charge is 0.243 e. The molecule has 0 amide bonds. The minimum absolute atomic E-state index is 0.188. The first kappa shape index (κ1) is 12.7. The zero-order valence-electron chi connectivity index (χ0n) is 10.5. The molecule has 2 aromatic rings. The van der Waals surface area contributed by atoms with E-state index in [9.17, 15) is 5.11 Å². The van der Waals surface area contributed by atoms with E-state index in [0.717, 1.165) is 0 Å². The molecule has 7 heteroatoms. The number of ether oxygens (including phenoxy) is 1. The van der Waals surface area contributed by atoms with Crippen molar-refractivity contribution in [3.05, 3.63) is 23.4 Å². The Kier molecular flexibility index (Phi) is 3.08. The molecule has 1 saturated heterocycles. The Hall–Kier alpha value is -1.37. The second kappa shape index (κ2) is 4.63.